The van der Waals surface area contributed by atoms with Gasteiger partial charge in [0.25, 0.3) is 0 Å². The van der Waals surface area contributed by atoms with Gasteiger partial charge in [-0.1, -0.05) is 26.0 Å². The van der Waals surface area contributed by atoms with E-state index in [4.69, 9.17) is 4.42 Å². The lowest BCUT2D eigenvalue weighted by molar-refractivity contribution is 0.228. The molecule has 1 aromatic heterocycles. The zero-order chi connectivity index (χ0) is 15.5. The highest BCUT2D eigenvalue weighted by molar-refractivity contribution is 5.16. The van der Waals surface area contributed by atoms with E-state index in [0.717, 1.165) is 18.5 Å². The zero-order valence-electron chi connectivity index (χ0n) is 13.1. The molecular formula is C17H22FN3O. The zero-order valence-corrected chi connectivity index (χ0v) is 13.1. The van der Waals surface area contributed by atoms with Crippen LogP contribution in [0.5, 0.6) is 0 Å². The first-order valence-electron chi connectivity index (χ1n) is 7.92. The van der Waals surface area contributed by atoms with E-state index < -0.39 is 0 Å². The van der Waals surface area contributed by atoms with E-state index in [-0.39, 0.29) is 11.7 Å². The minimum Gasteiger partial charge on any atom is -0.424 e. The van der Waals surface area contributed by atoms with Crippen molar-refractivity contribution in [1.82, 2.24) is 15.1 Å². The first-order chi connectivity index (χ1) is 10.6. The average Bonchev–Trinajstić information content (AvgIpc) is 3.22. The van der Waals surface area contributed by atoms with Gasteiger partial charge in [0.1, 0.15) is 5.82 Å². The number of nitrogens with zero attached hydrogens (tertiary/aromatic N) is 3. The van der Waals surface area contributed by atoms with Crippen LogP contribution >= 0.6 is 0 Å². The molecule has 0 amide bonds. The summed E-state index contributed by atoms with van der Waals surface area (Å²) in [5, 5.41) is 8.22. The topological polar surface area (TPSA) is 42.2 Å². The Morgan fingerprint density at radius 3 is 2.77 bits per heavy atom. The second-order valence-corrected chi connectivity index (χ2v) is 6.27. The summed E-state index contributed by atoms with van der Waals surface area (Å²) in [7, 11) is 0. The van der Waals surface area contributed by atoms with Gasteiger partial charge in [0.05, 0.1) is 6.54 Å². The van der Waals surface area contributed by atoms with Crippen LogP contribution in [-0.4, -0.2) is 27.7 Å². The second-order valence-electron chi connectivity index (χ2n) is 6.27. The Bertz CT molecular complexity index is 622. The normalized spacial score (nSPS) is 15.0. The van der Waals surface area contributed by atoms with Gasteiger partial charge in [0, 0.05) is 18.5 Å². The van der Waals surface area contributed by atoms with Crippen molar-refractivity contribution in [2.45, 2.75) is 51.6 Å². The molecule has 1 aromatic carbocycles. The van der Waals surface area contributed by atoms with E-state index in [1.165, 1.54) is 18.9 Å². The SMILES string of the molecule is CC(C)c1nnc(CN(CCc2cccc(F)c2)C2CC2)o1. The maximum absolute atomic E-state index is 13.2. The van der Waals surface area contributed by atoms with Gasteiger partial charge >= 0.3 is 0 Å². The Balaban J connectivity index is 1.60. The maximum atomic E-state index is 13.2. The van der Waals surface area contributed by atoms with Crippen molar-refractivity contribution in [3.05, 3.63) is 47.4 Å². The fourth-order valence-electron chi connectivity index (χ4n) is 2.53. The highest BCUT2D eigenvalue weighted by atomic mass is 19.1. The van der Waals surface area contributed by atoms with Crippen LogP contribution in [0.25, 0.3) is 0 Å². The van der Waals surface area contributed by atoms with Gasteiger partial charge in [-0.2, -0.15) is 0 Å². The number of benzene rings is 1. The molecule has 2 aromatic rings. The minimum absolute atomic E-state index is 0.172. The molecule has 5 heteroatoms. The summed E-state index contributed by atoms with van der Waals surface area (Å²) >= 11 is 0. The molecule has 118 valence electrons. The number of halogens is 1. The molecule has 0 N–H and O–H groups in total. The van der Waals surface area contributed by atoms with Gasteiger partial charge in [0.2, 0.25) is 11.8 Å². The van der Waals surface area contributed by atoms with Gasteiger partial charge in [-0.3, -0.25) is 4.90 Å². The lowest BCUT2D eigenvalue weighted by Gasteiger charge is -2.19. The summed E-state index contributed by atoms with van der Waals surface area (Å²) in [4.78, 5) is 2.36. The Hall–Kier alpha value is -1.75. The Labute approximate surface area is 130 Å². The third-order valence-corrected chi connectivity index (χ3v) is 3.95. The maximum Gasteiger partial charge on any atom is 0.230 e. The van der Waals surface area contributed by atoms with Gasteiger partial charge in [-0.15, -0.1) is 10.2 Å². The third-order valence-electron chi connectivity index (χ3n) is 3.95. The highest BCUT2D eigenvalue weighted by Gasteiger charge is 2.30. The number of hydrogen-bond donors (Lipinski definition) is 0. The molecule has 0 spiro atoms. The Kier molecular flexibility index (Phi) is 4.52. The summed E-state index contributed by atoms with van der Waals surface area (Å²) < 4.78 is 18.9. The fraction of sp³-hybridized carbons (Fsp3) is 0.529. The molecule has 22 heavy (non-hydrogen) atoms. The lowest BCUT2D eigenvalue weighted by atomic mass is 10.1. The molecular weight excluding hydrogens is 281 g/mol. The van der Waals surface area contributed by atoms with Crippen molar-refractivity contribution < 1.29 is 8.81 Å². The number of hydrogen-bond acceptors (Lipinski definition) is 4. The van der Waals surface area contributed by atoms with Crippen molar-refractivity contribution in [2.24, 2.45) is 0 Å². The van der Waals surface area contributed by atoms with Crippen LogP contribution in [0.3, 0.4) is 0 Å². The molecule has 0 atom stereocenters. The van der Waals surface area contributed by atoms with Crippen LogP contribution in [0.4, 0.5) is 4.39 Å². The van der Waals surface area contributed by atoms with Gasteiger partial charge in [-0.25, -0.2) is 4.39 Å². The van der Waals surface area contributed by atoms with E-state index in [0.29, 0.717) is 24.4 Å². The molecule has 0 aliphatic heterocycles. The predicted octanol–water partition coefficient (Wildman–Crippen LogP) is 3.54. The molecule has 0 radical (unpaired) electrons. The summed E-state index contributed by atoms with van der Waals surface area (Å²) in [6.07, 6.45) is 3.27. The third kappa shape index (κ3) is 3.91. The lowest BCUT2D eigenvalue weighted by Crippen LogP contribution is -2.28. The number of aromatic nitrogens is 2. The average molecular weight is 303 g/mol. The first kappa shape index (κ1) is 15.2. The quantitative estimate of drug-likeness (QED) is 0.784. The molecule has 0 saturated heterocycles. The van der Waals surface area contributed by atoms with Gasteiger partial charge in [-0.05, 0) is 37.0 Å². The Morgan fingerprint density at radius 2 is 2.14 bits per heavy atom. The molecule has 3 rings (SSSR count). The van der Waals surface area contributed by atoms with Crippen LogP contribution in [0.15, 0.2) is 28.7 Å². The van der Waals surface area contributed by atoms with Crippen LogP contribution in [0, 0.1) is 5.82 Å². The van der Waals surface area contributed by atoms with Crippen molar-refractivity contribution in [2.75, 3.05) is 6.54 Å². The summed E-state index contributed by atoms with van der Waals surface area (Å²) in [6.45, 7) is 5.65. The monoisotopic (exact) mass is 303 g/mol. The van der Waals surface area contributed by atoms with E-state index in [2.05, 4.69) is 15.1 Å². The standard InChI is InChI=1S/C17H22FN3O/c1-12(2)17-20-19-16(22-17)11-21(15-6-7-15)9-8-13-4-3-5-14(18)10-13/h3-5,10,12,15H,6-9,11H2,1-2H3. The van der Waals surface area contributed by atoms with E-state index in [9.17, 15) is 4.39 Å². The van der Waals surface area contributed by atoms with Gasteiger partial charge < -0.3 is 4.42 Å². The van der Waals surface area contributed by atoms with Crippen molar-refractivity contribution >= 4 is 0 Å². The van der Waals surface area contributed by atoms with Crippen molar-refractivity contribution in [3.8, 4) is 0 Å². The van der Waals surface area contributed by atoms with E-state index >= 15 is 0 Å². The molecule has 1 saturated carbocycles. The van der Waals surface area contributed by atoms with Crippen molar-refractivity contribution in [3.63, 3.8) is 0 Å². The first-order valence-corrected chi connectivity index (χ1v) is 7.92. The molecule has 1 heterocycles. The largest absolute Gasteiger partial charge is 0.424 e. The summed E-state index contributed by atoms with van der Waals surface area (Å²) in [6, 6.07) is 7.42. The van der Waals surface area contributed by atoms with E-state index in [1.807, 2.05) is 19.9 Å². The second kappa shape index (κ2) is 6.57. The molecule has 1 aliphatic rings. The fourth-order valence-corrected chi connectivity index (χ4v) is 2.53. The van der Waals surface area contributed by atoms with E-state index in [1.54, 1.807) is 12.1 Å². The van der Waals surface area contributed by atoms with Crippen LogP contribution in [-0.2, 0) is 13.0 Å². The van der Waals surface area contributed by atoms with Gasteiger partial charge in [0.15, 0.2) is 0 Å². The minimum atomic E-state index is -0.172. The Morgan fingerprint density at radius 1 is 1.32 bits per heavy atom. The summed E-state index contributed by atoms with van der Waals surface area (Å²) in [5.41, 5.74) is 1.03. The smallest absolute Gasteiger partial charge is 0.230 e. The van der Waals surface area contributed by atoms with Crippen molar-refractivity contribution in [1.29, 1.82) is 0 Å². The highest BCUT2D eigenvalue weighted by Crippen LogP contribution is 2.28. The molecule has 0 bridgehead atoms. The number of rotatable bonds is 7. The predicted molar refractivity (Wildman–Crippen MR) is 81.9 cm³/mol. The molecule has 4 nitrogen and oxygen atoms in total. The van der Waals surface area contributed by atoms with Crippen LogP contribution in [0.2, 0.25) is 0 Å². The van der Waals surface area contributed by atoms with Crippen LogP contribution in [0.1, 0.15) is 50.0 Å². The van der Waals surface area contributed by atoms with Crippen LogP contribution < -0.4 is 0 Å². The summed E-state index contributed by atoms with van der Waals surface area (Å²) in [5.74, 6) is 1.45. The molecule has 1 aliphatic carbocycles. The molecule has 1 fully saturated rings. The molecule has 0 unspecified atom stereocenters.